The van der Waals surface area contributed by atoms with E-state index in [4.69, 9.17) is 4.74 Å². The van der Waals surface area contributed by atoms with Gasteiger partial charge in [-0.15, -0.1) is 10.2 Å². The molecule has 1 N–H and O–H groups in total. The molecule has 0 fully saturated rings. The molecule has 1 heterocycles. The average Bonchev–Trinajstić information content (AvgIpc) is 3.09. The fourth-order valence-electron chi connectivity index (χ4n) is 2.60. The van der Waals surface area contributed by atoms with Gasteiger partial charge in [-0.2, -0.15) is 0 Å². The number of hydrogen-bond donors (Lipinski definition) is 1. The second-order valence-corrected chi connectivity index (χ2v) is 8.27. The van der Waals surface area contributed by atoms with Crippen molar-refractivity contribution >= 4 is 21.8 Å². The van der Waals surface area contributed by atoms with Crippen molar-refractivity contribution in [1.82, 2.24) is 19.5 Å². The van der Waals surface area contributed by atoms with Crippen LogP contribution < -0.4 is 9.46 Å². The number of sulfonamides is 1. The maximum Gasteiger partial charge on any atom is 0.240 e. The minimum absolute atomic E-state index is 0.0241. The number of aromatic nitrogens is 3. The predicted octanol–water partition coefficient (Wildman–Crippen LogP) is 2.78. The number of hydrogen-bond acceptors (Lipinski definition) is 6. The minimum atomic E-state index is -3.68. The lowest BCUT2D eigenvalue weighted by molar-refractivity contribution is 0.414. The van der Waals surface area contributed by atoms with E-state index in [1.54, 1.807) is 12.1 Å². The highest BCUT2D eigenvalue weighted by atomic mass is 32.2. The number of rotatable bonds is 7. The summed E-state index contributed by atoms with van der Waals surface area (Å²) in [5.74, 6) is 1.11. The van der Waals surface area contributed by atoms with E-state index in [1.165, 1.54) is 31.0 Å². The van der Waals surface area contributed by atoms with Crippen LogP contribution in [0.4, 0.5) is 0 Å². The van der Waals surface area contributed by atoms with Gasteiger partial charge in [-0.05, 0) is 49.1 Å². The summed E-state index contributed by atoms with van der Waals surface area (Å²) in [6.45, 7) is 2.01. The molecule has 0 aliphatic carbocycles. The standard InChI is InChI=1S/C18H20N4O3S2/c1-13-6-4-5-7-16(13)22-17(20-21-18(22)26-3)12-19-27(23,24)15-10-8-14(25-2)9-11-15/h4-11,19H,12H2,1-3H3. The maximum atomic E-state index is 12.6. The molecule has 0 bridgehead atoms. The molecule has 9 heteroatoms. The van der Waals surface area contributed by atoms with Gasteiger partial charge in [0, 0.05) is 0 Å². The fraction of sp³-hybridized carbons (Fsp3) is 0.222. The zero-order valence-corrected chi connectivity index (χ0v) is 16.8. The van der Waals surface area contributed by atoms with Gasteiger partial charge in [-0.1, -0.05) is 30.0 Å². The Labute approximate surface area is 162 Å². The molecule has 0 spiro atoms. The normalized spacial score (nSPS) is 11.5. The van der Waals surface area contributed by atoms with Crippen molar-refractivity contribution in [2.75, 3.05) is 13.4 Å². The third-order valence-corrected chi connectivity index (χ3v) is 6.08. The third-order valence-electron chi connectivity index (χ3n) is 4.03. The summed E-state index contributed by atoms with van der Waals surface area (Å²) >= 11 is 1.45. The molecule has 0 unspecified atom stereocenters. The summed E-state index contributed by atoms with van der Waals surface area (Å²) in [5.41, 5.74) is 1.97. The van der Waals surface area contributed by atoms with Crippen LogP contribution in [0.25, 0.3) is 5.69 Å². The molecule has 0 saturated heterocycles. The molecule has 3 aromatic rings. The topological polar surface area (TPSA) is 86.1 Å². The lowest BCUT2D eigenvalue weighted by Gasteiger charge is -2.12. The van der Waals surface area contributed by atoms with E-state index < -0.39 is 10.0 Å². The van der Waals surface area contributed by atoms with Crippen LogP contribution in [0, 0.1) is 6.92 Å². The second-order valence-electron chi connectivity index (χ2n) is 5.72. The molecule has 0 radical (unpaired) electrons. The van der Waals surface area contributed by atoms with Crippen LogP contribution in [0.3, 0.4) is 0 Å². The molecule has 0 aliphatic rings. The molecule has 0 amide bonds. The van der Waals surface area contributed by atoms with Gasteiger partial charge in [0.05, 0.1) is 24.2 Å². The molecule has 0 saturated carbocycles. The highest BCUT2D eigenvalue weighted by Crippen LogP contribution is 2.23. The Bertz CT molecular complexity index is 1030. The van der Waals surface area contributed by atoms with Gasteiger partial charge in [0.15, 0.2) is 11.0 Å². The summed E-state index contributed by atoms with van der Waals surface area (Å²) in [7, 11) is -2.15. The van der Waals surface area contributed by atoms with Crippen molar-refractivity contribution in [2.45, 2.75) is 23.5 Å². The van der Waals surface area contributed by atoms with E-state index in [2.05, 4.69) is 14.9 Å². The van der Waals surface area contributed by atoms with Crippen LogP contribution in [-0.4, -0.2) is 36.5 Å². The number of benzene rings is 2. The average molecular weight is 405 g/mol. The number of nitrogens with zero attached hydrogens (tertiary/aromatic N) is 3. The number of ether oxygens (including phenoxy) is 1. The minimum Gasteiger partial charge on any atom is -0.497 e. The van der Waals surface area contributed by atoms with Crippen molar-refractivity contribution in [1.29, 1.82) is 0 Å². The highest BCUT2D eigenvalue weighted by molar-refractivity contribution is 7.98. The SMILES string of the molecule is COc1ccc(S(=O)(=O)NCc2nnc(SC)n2-c2ccccc2C)cc1. The Morgan fingerprint density at radius 2 is 1.81 bits per heavy atom. The van der Waals surface area contributed by atoms with Crippen LogP contribution in [0.2, 0.25) is 0 Å². The molecular weight excluding hydrogens is 384 g/mol. The smallest absolute Gasteiger partial charge is 0.240 e. The van der Waals surface area contributed by atoms with Gasteiger partial charge < -0.3 is 4.74 Å². The van der Waals surface area contributed by atoms with Crippen molar-refractivity contribution < 1.29 is 13.2 Å². The van der Waals surface area contributed by atoms with Crippen molar-refractivity contribution in [2.24, 2.45) is 0 Å². The highest BCUT2D eigenvalue weighted by Gasteiger charge is 2.19. The summed E-state index contributed by atoms with van der Waals surface area (Å²) < 4.78 is 34.7. The Hall–Kier alpha value is -2.36. The number of para-hydroxylation sites is 1. The summed E-state index contributed by atoms with van der Waals surface area (Å²) in [6.07, 6.45) is 1.91. The number of nitrogens with one attached hydrogen (secondary N) is 1. The first-order valence-corrected chi connectivity index (χ1v) is 10.8. The summed E-state index contributed by atoms with van der Waals surface area (Å²) in [6, 6.07) is 14.0. The molecule has 27 heavy (non-hydrogen) atoms. The number of methoxy groups -OCH3 is 1. The third kappa shape index (κ3) is 4.15. The first kappa shape index (κ1) is 19.4. The molecule has 1 aromatic heterocycles. The molecular formula is C18H20N4O3S2. The van der Waals surface area contributed by atoms with Gasteiger partial charge in [0.2, 0.25) is 10.0 Å². The van der Waals surface area contributed by atoms with Gasteiger partial charge >= 0.3 is 0 Å². The molecule has 3 rings (SSSR count). The number of aryl methyl sites for hydroxylation is 1. The molecule has 7 nitrogen and oxygen atoms in total. The maximum absolute atomic E-state index is 12.6. The molecule has 142 valence electrons. The molecule has 0 aliphatic heterocycles. The van der Waals surface area contributed by atoms with Gasteiger partial charge in [0.25, 0.3) is 0 Å². The van der Waals surface area contributed by atoms with Crippen molar-refractivity contribution in [3.8, 4) is 11.4 Å². The Morgan fingerprint density at radius 1 is 1.11 bits per heavy atom. The lowest BCUT2D eigenvalue weighted by Crippen LogP contribution is -2.25. The predicted molar refractivity (Wildman–Crippen MR) is 105 cm³/mol. The zero-order valence-electron chi connectivity index (χ0n) is 15.2. The Morgan fingerprint density at radius 3 is 2.44 bits per heavy atom. The van der Waals surface area contributed by atoms with Crippen LogP contribution >= 0.6 is 11.8 Å². The lowest BCUT2D eigenvalue weighted by atomic mass is 10.2. The van der Waals surface area contributed by atoms with Gasteiger partial charge in [-0.25, -0.2) is 13.1 Å². The van der Waals surface area contributed by atoms with Gasteiger partial charge in [0.1, 0.15) is 5.75 Å². The summed E-state index contributed by atoms with van der Waals surface area (Å²) in [5, 5.41) is 9.04. The van der Waals surface area contributed by atoms with Gasteiger partial charge in [-0.3, -0.25) is 4.57 Å². The van der Waals surface area contributed by atoms with E-state index >= 15 is 0 Å². The van der Waals surface area contributed by atoms with Crippen LogP contribution in [0.1, 0.15) is 11.4 Å². The fourth-order valence-corrected chi connectivity index (χ4v) is 4.09. The van der Waals surface area contributed by atoms with Crippen LogP contribution in [0.15, 0.2) is 58.6 Å². The first-order valence-electron chi connectivity index (χ1n) is 8.14. The number of thioether (sulfide) groups is 1. The van der Waals surface area contributed by atoms with Crippen LogP contribution in [-0.2, 0) is 16.6 Å². The van der Waals surface area contributed by atoms with E-state index in [9.17, 15) is 8.42 Å². The van der Waals surface area contributed by atoms with E-state index in [1.807, 2.05) is 42.0 Å². The monoisotopic (exact) mass is 404 g/mol. The van der Waals surface area contributed by atoms with Crippen LogP contribution in [0.5, 0.6) is 5.75 Å². The Kier molecular flexibility index (Phi) is 5.83. The zero-order chi connectivity index (χ0) is 19.4. The van der Waals surface area contributed by atoms with Crippen molar-refractivity contribution in [3.63, 3.8) is 0 Å². The molecule has 0 atom stereocenters. The first-order chi connectivity index (χ1) is 13.0. The quantitative estimate of drug-likeness (QED) is 0.610. The summed E-state index contributed by atoms with van der Waals surface area (Å²) in [4.78, 5) is 0.162. The van der Waals surface area contributed by atoms with E-state index in [0.29, 0.717) is 16.7 Å². The van der Waals surface area contributed by atoms with E-state index in [-0.39, 0.29) is 11.4 Å². The molecule has 2 aromatic carbocycles. The van der Waals surface area contributed by atoms with E-state index in [0.717, 1.165) is 11.3 Å². The Balaban J connectivity index is 1.88. The van der Waals surface area contributed by atoms with Crippen molar-refractivity contribution in [3.05, 3.63) is 59.9 Å². The second kappa shape index (κ2) is 8.12. The largest absolute Gasteiger partial charge is 0.497 e.